The predicted octanol–water partition coefficient (Wildman–Crippen LogP) is 3.97. The fourth-order valence-corrected chi connectivity index (χ4v) is 4.16. The number of sulfone groups is 1. The molecule has 1 heterocycles. The number of alkyl halides is 3. The normalized spacial score (nSPS) is 14.5. The first-order valence-corrected chi connectivity index (χ1v) is 11.1. The van der Waals surface area contributed by atoms with Crippen molar-refractivity contribution >= 4 is 26.7 Å². The number of halogens is 3. The summed E-state index contributed by atoms with van der Waals surface area (Å²) in [7, 11) is -3.65. The molecule has 3 rings (SSSR count). The highest BCUT2D eigenvalue weighted by atomic mass is 32.2. The number of rotatable bonds is 7. The molecule has 0 spiro atoms. The van der Waals surface area contributed by atoms with Crippen molar-refractivity contribution in [2.24, 2.45) is 0 Å². The number of benzene rings is 2. The van der Waals surface area contributed by atoms with Crippen molar-refractivity contribution in [2.75, 3.05) is 12.9 Å². The Morgan fingerprint density at radius 1 is 1.13 bits per heavy atom. The van der Waals surface area contributed by atoms with Crippen LogP contribution >= 0.6 is 0 Å². The predicted molar refractivity (Wildman–Crippen MR) is 108 cm³/mol. The van der Waals surface area contributed by atoms with E-state index in [0.29, 0.717) is 0 Å². The van der Waals surface area contributed by atoms with Gasteiger partial charge >= 0.3 is 12.1 Å². The lowest BCUT2D eigenvalue weighted by Crippen LogP contribution is -2.51. The molecule has 1 N–H and O–H groups in total. The number of fused-ring (bicyclic) bond motifs is 1. The molecular formula is C21H20F3NO5S. The standard InChI is InChI=1S/C21H20F3NO5S/c1-3-30-20(19(26)27,21(22,23)24)17-13-25(12-14-7-5-4-6-8-14)18-11-15(31(2,28)29)9-10-16(17)18/h4-11,13H,3,12H2,1-2H3,(H,26,27). The van der Waals surface area contributed by atoms with Crippen molar-refractivity contribution in [3.8, 4) is 0 Å². The average molecular weight is 455 g/mol. The monoisotopic (exact) mass is 455 g/mol. The molecule has 0 radical (unpaired) electrons. The van der Waals surface area contributed by atoms with Crippen molar-refractivity contribution in [1.29, 1.82) is 0 Å². The van der Waals surface area contributed by atoms with E-state index in [2.05, 4.69) is 0 Å². The van der Waals surface area contributed by atoms with Gasteiger partial charge in [0.05, 0.1) is 10.4 Å². The number of hydrogen-bond acceptors (Lipinski definition) is 4. The first-order chi connectivity index (χ1) is 14.4. The van der Waals surface area contributed by atoms with Crippen LogP contribution in [-0.4, -0.2) is 43.1 Å². The van der Waals surface area contributed by atoms with Crippen LogP contribution in [-0.2, 0) is 31.5 Å². The van der Waals surface area contributed by atoms with Crippen molar-refractivity contribution in [3.05, 3.63) is 65.9 Å². The second-order valence-electron chi connectivity index (χ2n) is 7.02. The van der Waals surface area contributed by atoms with Gasteiger partial charge in [0.1, 0.15) is 0 Å². The van der Waals surface area contributed by atoms with Gasteiger partial charge in [-0.2, -0.15) is 13.2 Å². The summed E-state index contributed by atoms with van der Waals surface area (Å²) in [6, 6.07) is 12.4. The zero-order valence-electron chi connectivity index (χ0n) is 16.7. The lowest BCUT2D eigenvalue weighted by Gasteiger charge is -2.31. The number of carboxylic acid groups (broad SMARTS) is 1. The van der Waals surface area contributed by atoms with Gasteiger partial charge in [0.15, 0.2) is 9.84 Å². The van der Waals surface area contributed by atoms with Gasteiger partial charge in [-0.05, 0) is 24.6 Å². The quantitative estimate of drug-likeness (QED) is 0.583. The maximum Gasteiger partial charge on any atom is 0.432 e. The van der Waals surface area contributed by atoms with E-state index in [1.54, 1.807) is 30.3 Å². The average Bonchev–Trinajstić information content (AvgIpc) is 3.03. The molecule has 1 aromatic heterocycles. The molecule has 1 atom stereocenters. The van der Waals surface area contributed by atoms with E-state index < -0.39 is 39.8 Å². The Morgan fingerprint density at radius 2 is 1.77 bits per heavy atom. The van der Waals surface area contributed by atoms with Gasteiger partial charge < -0.3 is 14.4 Å². The van der Waals surface area contributed by atoms with Crippen LogP contribution in [0.25, 0.3) is 10.9 Å². The number of ether oxygens (including phenoxy) is 1. The molecule has 0 amide bonds. The topological polar surface area (TPSA) is 85.6 Å². The molecule has 6 nitrogen and oxygen atoms in total. The molecule has 10 heteroatoms. The minimum Gasteiger partial charge on any atom is -0.479 e. The van der Waals surface area contributed by atoms with E-state index in [1.807, 2.05) is 0 Å². The molecule has 0 saturated heterocycles. The van der Waals surface area contributed by atoms with E-state index in [1.165, 1.54) is 23.6 Å². The lowest BCUT2D eigenvalue weighted by atomic mass is 9.92. The molecule has 0 saturated carbocycles. The summed E-state index contributed by atoms with van der Waals surface area (Å²) < 4.78 is 72.6. The molecule has 0 aliphatic carbocycles. The van der Waals surface area contributed by atoms with E-state index in [-0.39, 0.29) is 22.3 Å². The van der Waals surface area contributed by atoms with Crippen LogP contribution in [0.2, 0.25) is 0 Å². The molecule has 1 unspecified atom stereocenters. The summed E-state index contributed by atoms with van der Waals surface area (Å²) in [6.07, 6.45) is -3.21. The third-order valence-electron chi connectivity index (χ3n) is 4.92. The van der Waals surface area contributed by atoms with E-state index in [0.717, 1.165) is 24.1 Å². The minimum atomic E-state index is -5.27. The fourth-order valence-electron chi connectivity index (χ4n) is 3.52. The van der Waals surface area contributed by atoms with Crippen LogP contribution in [0.3, 0.4) is 0 Å². The summed E-state index contributed by atoms with van der Waals surface area (Å²) >= 11 is 0. The molecule has 31 heavy (non-hydrogen) atoms. The van der Waals surface area contributed by atoms with Crippen LogP contribution < -0.4 is 0 Å². The summed E-state index contributed by atoms with van der Waals surface area (Å²) in [6.45, 7) is 0.872. The maximum atomic E-state index is 14.1. The van der Waals surface area contributed by atoms with Gasteiger partial charge in [0.25, 0.3) is 5.60 Å². The third-order valence-corrected chi connectivity index (χ3v) is 6.03. The van der Waals surface area contributed by atoms with E-state index in [9.17, 15) is 31.5 Å². The van der Waals surface area contributed by atoms with Crippen molar-refractivity contribution in [2.45, 2.75) is 30.1 Å². The number of carbonyl (C=O) groups is 1. The number of aromatic nitrogens is 1. The van der Waals surface area contributed by atoms with Gasteiger partial charge in [-0.1, -0.05) is 36.4 Å². The fraction of sp³-hybridized carbons (Fsp3) is 0.286. The Bertz CT molecular complexity index is 1220. The second-order valence-corrected chi connectivity index (χ2v) is 9.04. The smallest absolute Gasteiger partial charge is 0.432 e. The molecule has 0 bridgehead atoms. The largest absolute Gasteiger partial charge is 0.479 e. The van der Waals surface area contributed by atoms with Gasteiger partial charge in [-0.15, -0.1) is 0 Å². The number of carboxylic acids is 1. The molecule has 2 aromatic carbocycles. The molecule has 0 aliphatic rings. The molecular weight excluding hydrogens is 435 g/mol. The summed E-state index contributed by atoms with van der Waals surface area (Å²) in [4.78, 5) is 11.9. The van der Waals surface area contributed by atoms with Crippen molar-refractivity contribution in [3.63, 3.8) is 0 Å². The van der Waals surface area contributed by atoms with E-state index >= 15 is 0 Å². The molecule has 3 aromatic rings. The first-order valence-electron chi connectivity index (χ1n) is 9.23. The van der Waals surface area contributed by atoms with Crippen LogP contribution in [0.5, 0.6) is 0 Å². The van der Waals surface area contributed by atoms with Gasteiger partial charge in [0, 0.05) is 36.6 Å². The Kier molecular flexibility index (Phi) is 5.90. The maximum absolute atomic E-state index is 14.1. The van der Waals surface area contributed by atoms with Crippen molar-refractivity contribution in [1.82, 2.24) is 4.57 Å². The van der Waals surface area contributed by atoms with Gasteiger partial charge in [-0.3, -0.25) is 0 Å². The first kappa shape index (κ1) is 22.8. The number of hydrogen-bond donors (Lipinski definition) is 1. The SMILES string of the molecule is CCOC(C(=O)O)(c1cn(Cc2ccccc2)c2cc(S(C)(=O)=O)ccc12)C(F)(F)F. The summed E-state index contributed by atoms with van der Waals surface area (Å²) in [5, 5.41) is 9.58. The van der Waals surface area contributed by atoms with Crippen LogP contribution in [0, 0.1) is 0 Å². The second kappa shape index (κ2) is 8.01. The summed E-state index contributed by atoms with van der Waals surface area (Å²) in [5.74, 6) is -2.20. The van der Waals surface area contributed by atoms with Crippen LogP contribution in [0.1, 0.15) is 18.1 Å². The Hall–Kier alpha value is -2.85. The van der Waals surface area contributed by atoms with Gasteiger partial charge in [0.2, 0.25) is 0 Å². The molecule has 0 fully saturated rings. The van der Waals surface area contributed by atoms with Crippen molar-refractivity contribution < 1.29 is 36.2 Å². The molecule has 166 valence electrons. The number of aliphatic carboxylic acids is 1. The third kappa shape index (κ3) is 4.05. The minimum absolute atomic E-state index is 0.0588. The highest BCUT2D eigenvalue weighted by Gasteiger charge is 2.64. The van der Waals surface area contributed by atoms with Crippen LogP contribution in [0.15, 0.2) is 59.6 Å². The van der Waals surface area contributed by atoms with E-state index in [4.69, 9.17) is 4.74 Å². The zero-order valence-corrected chi connectivity index (χ0v) is 17.5. The summed E-state index contributed by atoms with van der Waals surface area (Å²) in [5.41, 5.74) is -3.33. The Labute approximate surface area is 176 Å². The highest BCUT2D eigenvalue weighted by Crippen LogP contribution is 2.46. The Morgan fingerprint density at radius 3 is 2.29 bits per heavy atom. The lowest BCUT2D eigenvalue weighted by molar-refractivity contribution is -0.279. The molecule has 0 aliphatic heterocycles. The van der Waals surface area contributed by atoms with Crippen LogP contribution in [0.4, 0.5) is 13.2 Å². The number of nitrogens with zero attached hydrogens (tertiary/aromatic N) is 1. The van der Waals surface area contributed by atoms with Gasteiger partial charge in [-0.25, -0.2) is 13.2 Å². The highest BCUT2D eigenvalue weighted by molar-refractivity contribution is 7.90. The Balaban J connectivity index is 2.37. The zero-order chi connectivity index (χ0) is 23.0.